The molecule has 1 aromatic heterocycles. The zero-order valence-electron chi connectivity index (χ0n) is 14.1. The van der Waals surface area contributed by atoms with Gasteiger partial charge >= 0.3 is 0 Å². The van der Waals surface area contributed by atoms with Crippen molar-refractivity contribution >= 4 is 17.5 Å². The van der Waals surface area contributed by atoms with E-state index < -0.39 is 23.1 Å². The number of rotatable bonds is 3. The number of hydrogen-bond donors (Lipinski definition) is 0. The van der Waals surface area contributed by atoms with E-state index in [1.54, 1.807) is 0 Å². The first-order valence-electron chi connectivity index (χ1n) is 7.96. The predicted molar refractivity (Wildman–Crippen MR) is 90.8 cm³/mol. The molecular formula is C17H19F2N5O. The average molecular weight is 347 g/mol. The van der Waals surface area contributed by atoms with Crippen LogP contribution in [-0.4, -0.2) is 61.3 Å². The third kappa shape index (κ3) is 3.52. The number of piperazine rings is 1. The Kier molecular flexibility index (Phi) is 4.78. The third-order valence-corrected chi connectivity index (χ3v) is 4.16. The molecule has 8 heteroatoms. The monoisotopic (exact) mass is 347 g/mol. The minimum atomic E-state index is -0.836. The van der Waals surface area contributed by atoms with E-state index in [0.29, 0.717) is 26.2 Å². The first-order chi connectivity index (χ1) is 12.0. The van der Waals surface area contributed by atoms with Gasteiger partial charge in [-0.15, -0.1) is 10.2 Å². The number of anilines is 2. The first-order valence-corrected chi connectivity index (χ1v) is 7.96. The summed E-state index contributed by atoms with van der Waals surface area (Å²) in [4.78, 5) is 17.7. The molecule has 2 heterocycles. The van der Waals surface area contributed by atoms with Crippen molar-refractivity contribution in [2.75, 3.05) is 50.1 Å². The molecule has 0 N–H and O–H groups in total. The van der Waals surface area contributed by atoms with Crippen molar-refractivity contribution in [3.8, 4) is 0 Å². The molecule has 0 bridgehead atoms. The fraction of sp³-hybridized carbons (Fsp3) is 0.353. The zero-order valence-corrected chi connectivity index (χ0v) is 14.1. The molecule has 6 nitrogen and oxygen atoms in total. The van der Waals surface area contributed by atoms with Gasteiger partial charge in [-0.1, -0.05) is 6.07 Å². The Hall–Kier alpha value is -2.77. The van der Waals surface area contributed by atoms with E-state index in [1.165, 1.54) is 11.0 Å². The van der Waals surface area contributed by atoms with E-state index in [2.05, 4.69) is 10.2 Å². The van der Waals surface area contributed by atoms with Crippen molar-refractivity contribution in [1.82, 2.24) is 15.1 Å². The normalized spacial score (nSPS) is 14.6. The number of amides is 1. The molecule has 3 rings (SSSR count). The summed E-state index contributed by atoms with van der Waals surface area (Å²) < 4.78 is 27.6. The Morgan fingerprint density at radius 3 is 2.16 bits per heavy atom. The highest BCUT2D eigenvalue weighted by Crippen LogP contribution is 2.19. The number of carbonyl (C=O) groups excluding carboxylic acids is 1. The average Bonchev–Trinajstić information content (AvgIpc) is 2.61. The number of aromatic nitrogens is 2. The van der Waals surface area contributed by atoms with Gasteiger partial charge in [0, 0.05) is 40.3 Å². The van der Waals surface area contributed by atoms with Gasteiger partial charge in [0.05, 0.1) is 0 Å². The van der Waals surface area contributed by atoms with Crippen LogP contribution in [0, 0.1) is 11.6 Å². The Morgan fingerprint density at radius 1 is 1.00 bits per heavy atom. The van der Waals surface area contributed by atoms with E-state index in [-0.39, 0.29) is 0 Å². The number of hydrogen-bond acceptors (Lipinski definition) is 5. The largest absolute Gasteiger partial charge is 0.361 e. The van der Waals surface area contributed by atoms with Gasteiger partial charge in [0.2, 0.25) is 0 Å². The molecule has 132 valence electrons. The van der Waals surface area contributed by atoms with Crippen molar-refractivity contribution in [2.45, 2.75) is 0 Å². The summed E-state index contributed by atoms with van der Waals surface area (Å²) in [5.74, 6) is -0.818. The quantitative estimate of drug-likeness (QED) is 0.847. The van der Waals surface area contributed by atoms with Crippen LogP contribution in [0.5, 0.6) is 0 Å². The van der Waals surface area contributed by atoms with Crippen LogP contribution in [0.15, 0.2) is 30.3 Å². The van der Waals surface area contributed by atoms with Crippen molar-refractivity contribution in [1.29, 1.82) is 0 Å². The maximum absolute atomic E-state index is 13.8. The minimum absolute atomic E-state index is 0.365. The summed E-state index contributed by atoms with van der Waals surface area (Å²) >= 11 is 0. The van der Waals surface area contributed by atoms with Crippen LogP contribution >= 0.6 is 0 Å². The lowest BCUT2D eigenvalue weighted by molar-refractivity contribution is 0.0736. The molecule has 1 fully saturated rings. The second kappa shape index (κ2) is 7.00. The van der Waals surface area contributed by atoms with Gasteiger partial charge in [-0.05, 0) is 24.3 Å². The van der Waals surface area contributed by atoms with Crippen LogP contribution in [0.2, 0.25) is 0 Å². The highest BCUT2D eigenvalue weighted by Gasteiger charge is 2.27. The molecule has 1 aliphatic rings. The number of halogens is 2. The third-order valence-electron chi connectivity index (χ3n) is 4.16. The van der Waals surface area contributed by atoms with Crippen molar-refractivity contribution in [3.63, 3.8) is 0 Å². The summed E-state index contributed by atoms with van der Waals surface area (Å²) in [6, 6.07) is 7.17. The van der Waals surface area contributed by atoms with Gasteiger partial charge in [-0.25, -0.2) is 8.78 Å². The van der Waals surface area contributed by atoms with Crippen LogP contribution in [0.4, 0.5) is 20.4 Å². The topological polar surface area (TPSA) is 52.6 Å². The van der Waals surface area contributed by atoms with E-state index >= 15 is 0 Å². The Bertz CT molecular complexity index is 738. The molecule has 1 saturated heterocycles. The van der Waals surface area contributed by atoms with Gasteiger partial charge in [0.1, 0.15) is 17.2 Å². The molecule has 1 aromatic carbocycles. The molecule has 1 aliphatic heterocycles. The Balaban J connectivity index is 1.66. The second-order valence-electron chi connectivity index (χ2n) is 6.02. The van der Waals surface area contributed by atoms with Crippen LogP contribution in [0.25, 0.3) is 0 Å². The second-order valence-corrected chi connectivity index (χ2v) is 6.02. The molecule has 0 spiro atoms. The molecule has 0 aliphatic carbocycles. The fourth-order valence-corrected chi connectivity index (χ4v) is 2.72. The molecule has 0 radical (unpaired) electrons. The number of nitrogens with zero attached hydrogens (tertiary/aromatic N) is 5. The maximum atomic E-state index is 13.8. The highest BCUT2D eigenvalue weighted by molar-refractivity contribution is 5.95. The zero-order chi connectivity index (χ0) is 18.0. The van der Waals surface area contributed by atoms with Gasteiger partial charge in [-0.2, -0.15) is 0 Å². The summed E-state index contributed by atoms with van der Waals surface area (Å²) in [7, 11) is 3.77. The molecule has 25 heavy (non-hydrogen) atoms. The van der Waals surface area contributed by atoms with E-state index in [0.717, 1.165) is 23.8 Å². The van der Waals surface area contributed by atoms with E-state index in [4.69, 9.17) is 0 Å². The number of benzene rings is 1. The summed E-state index contributed by atoms with van der Waals surface area (Å²) in [6.45, 7) is 1.78. The standard InChI is InChI=1S/C17H19F2N5O/c1-22(2)14-6-7-15(21-20-14)23-8-10-24(11-9-23)17(25)16-12(18)4-3-5-13(16)19/h3-7H,8-11H2,1-2H3. The maximum Gasteiger partial charge on any atom is 0.259 e. The predicted octanol–water partition coefficient (Wildman–Crippen LogP) is 1.78. The van der Waals surface area contributed by atoms with Gasteiger partial charge in [0.15, 0.2) is 11.6 Å². The lowest BCUT2D eigenvalue weighted by Crippen LogP contribution is -2.49. The lowest BCUT2D eigenvalue weighted by atomic mass is 10.1. The van der Waals surface area contributed by atoms with Crippen molar-refractivity contribution in [3.05, 3.63) is 47.5 Å². The van der Waals surface area contributed by atoms with Crippen molar-refractivity contribution in [2.24, 2.45) is 0 Å². The Labute approximate surface area is 144 Å². The molecular weight excluding hydrogens is 328 g/mol. The number of carbonyl (C=O) groups is 1. The SMILES string of the molecule is CN(C)c1ccc(N2CCN(C(=O)c3c(F)cccc3F)CC2)nn1. The van der Waals surface area contributed by atoms with Crippen LogP contribution in [0.3, 0.4) is 0 Å². The summed E-state index contributed by atoms with van der Waals surface area (Å²) in [5, 5.41) is 8.32. The van der Waals surface area contributed by atoms with Gasteiger partial charge < -0.3 is 14.7 Å². The van der Waals surface area contributed by atoms with Crippen LogP contribution in [-0.2, 0) is 0 Å². The smallest absolute Gasteiger partial charge is 0.259 e. The van der Waals surface area contributed by atoms with E-state index in [1.807, 2.05) is 36.0 Å². The summed E-state index contributed by atoms with van der Waals surface area (Å²) in [6.07, 6.45) is 0. The van der Waals surface area contributed by atoms with Gasteiger partial charge in [-0.3, -0.25) is 4.79 Å². The van der Waals surface area contributed by atoms with E-state index in [9.17, 15) is 13.6 Å². The Morgan fingerprint density at radius 2 is 1.64 bits per heavy atom. The fourth-order valence-electron chi connectivity index (χ4n) is 2.72. The lowest BCUT2D eigenvalue weighted by Gasteiger charge is -2.35. The van der Waals surface area contributed by atoms with Gasteiger partial charge in [0.25, 0.3) is 5.91 Å². The molecule has 2 aromatic rings. The molecule has 0 atom stereocenters. The molecule has 0 unspecified atom stereocenters. The minimum Gasteiger partial charge on any atom is -0.361 e. The van der Waals surface area contributed by atoms with Crippen molar-refractivity contribution < 1.29 is 13.6 Å². The first kappa shape index (κ1) is 17.1. The van der Waals surface area contributed by atoms with Crippen LogP contribution < -0.4 is 9.80 Å². The highest BCUT2D eigenvalue weighted by atomic mass is 19.1. The summed E-state index contributed by atoms with van der Waals surface area (Å²) in [5.41, 5.74) is -0.494. The van der Waals surface area contributed by atoms with Crippen LogP contribution in [0.1, 0.15) is 10.4 Å². The molecule has 1 amide bonds. The molecule has 0 saturated carbocycles.